The SMILES string of the molecule is Cc1nc(-c2ccc(Cl)cc2)sc1C(=O)NC(c1ccccc1)c1ccccc1. The lowest BCUT2D eigenvalue weighted by Crippen LogP contribution is -2.29. The summed E-state index contributed by atoms with van der Waals surface area (Å²) in [5.41, 5.74) is 3.74. The Morgan fingerprint density at radius 2 is 1.45 bits per heavy atom. The zero-order valence-electron chi connectivity index (χ0n) is 15.8. The summed E-state index contributed by atoms with van der Waals surface area (Å²) >= 11 is 7.37. The van der Waals surface area contributed by atoms with Crippen molar-refractivity contribution in [1.82, 2.24) is 10.3 Å². The first-order valence-corrected chi connectivity index (χ1v) is 10.5. The summed E-state index contributed by atoms with van der Waals surface area (Å²) in [6.07, 6.45) is 0. The standard InChI is InChI=1S/C24H19ClN2OS/c1-16-22(29-24(26-16)19-12-14-20(25)15-13-19)23(28)27-21(17-8-4-2-5-9-17)18-10-6-3-7-11-18/h2-15,21H,1H3,(H,27,28). The summed E-state index contributed by atoms with van der Waals surface area (Å²) in [5.74, 6) is -0.127. The van der Waals surface area contributed by atoms with Gasteiger partial charge in [-0.25, -0.2) is 4.98 Å². The molecule has 0 unspecified atom stereocenters. The molecule has 4 rings (SSSR count). The molecular formula is C24H19ClN2OS. The van der Waals surface area contributed by atoms with Crippen molar-refractivity contribution in [3.05, 3.63) is 112 Å². The zero-order valence-corrected chi connectivity index (χ0v) is 17.4. The van der Waals surface area contributed by atoms with Gasteiger partial charge in [0.25, 0.3) is 5.91 Å². The summed E-state index contributed by atoms with van der Waals surface area (Å²) < 4.78 is 0. The Hall–Kier alpha value is -2.95. The highest BCUT2D eigenvalue weighted by molar-refractivity contribution is 7.17. The summed E-state index contributed by atoms with van der Waals surface area (Å²) in [4.78, 5) is 18.4. The number of thiazole rings is 1. The van der Waals surface area contributed by atoms with Crippen molar-refractivity contribution < 1.29 is 4.79 Å². The van der Waals surface area contributed by atoms with Crippen LogP contribution < -0.4 is 5.32 Å². The molecule has 3 aromatic carbocycles. The Morgan fingerprint density at radius 1 is 0.897 bits per heavy atom. The van der Waals surface area contributed by atoms with E-state index in [-0.39, 0.29) is 11.9 Å². The second-order valence-corrected chi connectivity index (χ2v) is 8.10. The van der Waals surface area contributed by atoms with Gasteiger partial charge in [0.15, 0.2) is 0 Å². The van der Waals surface area contributed by atoms with Crippen molar-refractivity contribution in [3.8, 4) is 10.6 Å². The number of amides is 1. The molecule has 4 aromatic rings. The van der Waals surface area contributed by atoms with Crippen molar-refractivity contribution in [2.45, 2.75) is 13.0 Å². The maximum absolute atomic E-state index is 13.2. The third-order valence-electron chi connectivity index (χ3n) is 4.64. The predicted molar refractivity (Wildman–Crippen MR) is 119 cm³/mol. The minimum Gasteiger partial charge on any atom is -0.340 e. The highest BCUT2D eigenvalue weighted by atomic mass is 35.5. The predicted octanol–water partition coefficient (Wildman–Crippen LogP) is 6.29. The van der Waals surface area contributed by atoms with Crippen molar-refractivity contribution in [3.63, 3.8) is 0 Å². The molecule has 1 N–H and O–H groups in total. The van der Waals surface area contributed by atoms with Crippen molar-refractivity contribution >= 4 is 28.8 Å². The van der Waals surface area contributed by atoms with Gasteiger partial charge in [-0.15, -0.1) is 11.3 Å². The normalized spacial score (nSPS) is 10.9. The van der Waals surface area contributed by atoms with Crippen LogP contribution in [0.15, 0.2) is 84.9 Å². The van der Waals surface area contributed by atoms with Crippen LogP contribution in [-0.2, 0) is 0 Å². The molecule has 0 atom stereocenters. The van der Waals surface area contributed by atoms with E-state index in [1.165, 1.54) is 11.3 Å². The quantitative estimate of drug-likeness (QED) is 0.413. The van der Waals surface area contributed by atoms with Crippen molar-refractivity contribution in [2.24, 2.45) is 0 Å². The van der Waals surface area contributed by atoms with Gasteiger partial charge in [0, 0.05) is 10.6 Å². The van der Waals surface area contributed by atoms with Crippen molar-refractivity contribution in [2.75, 3.05) is 0 Å². The number of benzene rings is 3. The molecule has 0 spiro atoms. The first-order valence-electron chi connectivity index (χ1n) is 9.26. The molecule has 0 saturated carbocycles. The maximum atomic E-state index is 13.2. The number of halogens is 1. The third kappa shape index (κ3) is 4.39. The summed E-state index contributed by atoms with van der Waals surface area (Å²) in [6.45, 7) is 1.87. The highest BCUT2D eigenvalue weighted by Crippen LogP contribution is 2.30. The molecule has 0 aliphatic heterocycles. The van der Waals surface area contributed by atoms with E-state index < -0.39 is 0 Å². The summed E-state index contributed by atoms with van der Waals surface area (Å²) in [7, 11) is 0. The van der Waals surface area contributed by atoms with Crippen LogP contribution in [0.2, 0.25) is 5.02 Å². The molecule has 1 heterocycles. The molecule has 3 nitrogen and oxygen atoms in total. The van der Waals surface area contributed by atoms with Gasteiger partial charge in [0.1, 0.15) is 9.88 Å². The van der Waals surface area contributed by atoms with Crippen LogP contribution in [0.25, 0.3) is 10.6 Å². The first-order chi connectivity index (χ1) is 14.1. The van der Waals surface area contributed by atoms with Gasteiger partial charge in [0.2, 0.25) is 0 Å². The number of carbonyl (C=O) groups excluding carboxylic acids is 1. The van der Waals surface area contributed by atoms with Gasteiger partial charge in [-0.05, 0) is 30.2 Å². The Kier molecular flexibility index (Phi) is 5.74. The Balaban J connectivity index is 1.64. The molecule has 144 valence electrons. The molecule has 1 aromatic heterocycles. The van der Waals surface area contributed by atoms with Gasteiger partial charge < -0.3 is 5.32 Å². The molecular weight excluding hydrogens is 400 g/mol. The Labute approximate surface area is 179 Å². The molecule has 0 aliphatic rings. The maximum Gasteiger partial charge on any atom is 0.264 e. The molecule has 0 aliphatic carbocycles. The van der Waals surface area contributed by atoms with E-state index in [9.17, 15) is 4.79 Å². The molecule has 1 amide bonds. The smallest absolute Gasteiger partial charge is 0.264 e. The molecule has 0 radical (unpaired) electrons. The lowest BCUT2D eigenvalue weighted by Gasteiger charge is -2.19. The second kappa shape index (κ2) is 8.60. The second-order valence-electron chi connectivity index (χ2n) is 6.67. The molecule has 0 saturated heterocycles. The van der Waals surface area contributed by atoms with Crippen LogP contribution in [0.5, 0.6) is 0 Å². The van der Waals surface area contributed by atoms with Gasteiger partial charge in [-0.3, -0.25) is 4.79 Å². The number of nitrogens with one attached hydrogen (secondary N) is 1. The Bertz CT molecular complexity index is 1070. The number of hydrogen-bond acceptors (Lipinski definition) is 3. The summed E-state index contributed by atoms with van der Waals surface area (Å²) in [6, 6.07) is 27.2. The van der Waals surface area contributed by atoms with E-state index in [0.29, 0.717) is 9.90 Å². The number of hydrogen-bond donors (Lipinski definition) is 1. The monoisotopic (exact) mass is 418 g/mol. The van der Waals surface area contributed by atoms with E-state index >= 15 is 0 Å². The molecule has 5 heteroatoms. The van der Waals surface area contributed by atoms with Crippen LogP contribution >= 0.6 is 22.9 Å². The fourth-order valence-electron chi connectivity index (χ4n) is 3.17. The minimum absolute atomic E-state index is 0.127. The van der Waals surface area contributed by atoms with Crippen molar-refractivity contribution in [1.29, 1.82) is 0 Å². The minimum atomic E-state index is -0.231. The van der Waals surface area contributed by atoms with E-state index in [1.54, 1.807) is 0 Å². The van der Waals surface area contributed by atoms with Crippen LogP contribution in [0.3, 0.4) is 0 Å². The highest BCUT2D eigenvalue weighted by Gasteiger charge is 2.21. The number of aryl methyl sites for hydroxylation is 1. The van der Waals surface area contributed by atoms with Crippen LogP contribution in [-0.4, -0.2) is 10.9 Å². The zero-order chi connectivity index (χ0) is 20.2. The van der Waals surface area contributed by atoms with Gasteiger partial charge in [0.05, 0.1) is 11.7 Å². The van der Waals surface area contributed by atoms with Crippen LogP contribution in [0.4, 0.5) is 0 Å². The van der Waals surface area contributed by atoms with E-state index in [4.69, 9.17) is 11.6 Å². The summed E-state index contributed by atoms with van der Waals surface area (Å²) in [5, 5.41) is 4.67. The number of nitrogens with zero attached hydrogens (tertiary/aromatic N) is 1. The number of rotatable bonds is 5. The third-order valence-corrected chi connectivity index (χ3v) is 6.09. The Morgan fingerprint density at radius 3 is 2.00 bits per heavy atom. The van der Waals surface area contributed by atoms with Gasteiger partial charge in [-0.1, -0.05) is 84.4 Å². The van der Waals surface area contributed by atoms with Crippen LogP contribution in [0.1, 0.15) is 32.5 Å². The van der Waals surface area contributed by atoms with Crippen LogP contribution in [0, 0.1) is 6.92 Å². The fourth-order valence-corrected chi connectivity index (χ4v) is 4.27. The van der Waals surface area contributed by atoms with Gasteiger partial charge >= 0.3 is 0 Å². The topological polar surface area (TPSA) is 42.0 Å². The molecule has 0 bridgehead atoms. The molecule has 0 fully saturated rings. The molecule has 29 heavy (non-hydrogen) atoms. The van der Waals surface area contributed by atoms with Gasteiger partial charge in [-0.2, -0.15) is 0 Å². The largest absolute Gasteiger partial charge is 0.340 e. The first kappa shape index (κ1) is 19.4. The average Bonchev–Trinajstić information content (AvgIpc) is 3.15. The lowest BCUT2D eigenvalue weighted by molar-refractivity contribution is 0.0946. The average molecular weight is 419 g/mol. The number of carbonyl (C=O) groups is 1. The van der Waals surface area contributed by atoms with E-state index in [1.807, 2.05) is 91.9 Å². The van der Waals surface area contributed by atoms with E-state index in [2.05, 4.69) is 10.3 Å². The fraction of sp³-hybridized carbons (Fsp3) is 0.0833. The lowest BCUT2D eigenvalue weighted by atomic mass is 9.98. The number of aromatic nitrogens is 1. The van der Waals surface area contributed by atoms with E-state index in [0.717, 1.165) is 27.4 Å².